The van der Waals surface area contributed by atoms with E-state index in [1.54, 1.807) is 0 Å². The van der Waals surface area contributed by atoms with E-state index in [4.69, 9.17) is 0 Å². The first-order chi connectivity index (χ1) is 7.87. The van der Waals surface area contributed by atoms with Gasteiger partial charge in [-0.05, 0) is 39.8 Å². The zero-order valence-corrected chi connectivity index (χ0v) is 11.7. The lowest BCUT2D eigenvalue weighted by atomic mass is 10.1. The van der Waals surface area contributed by atoms with E-state index in [0.717, 1.165) is 19.4 Å². The van der Waals surface area contributed by atoms with Crippen molar-refractivity contribution in [3.05, 3.63) is 0 Å². The highest BCUT2D eigenvalue weighted by molar-refractivity contribution is 5.92. The van der Waals surface area contributed by atoms with Gasteiger partial charge in [-0.15, -0.1) is 0 Å². The van der Waals surface area contributed by atoms with Crippen molar-refractivity contribution in [2.75, 3.05) is 20.6 Å². The van der Waals surface area contributed by atoms with Crippen LogP contribution in [0.2, 0.25) is 0 Å². The minimum atomic E-state index is -0.185. The molecule has 1 saturated carbocycles. The van der Waals surface area contributed by atoms with Crippen molar-refractivity contribution in [1.82, 2.24) is 15.1 Å². The maximum absolute atomic E-state index is 12.5. The van der Waals surface area contributed by atoms with Gasteiger partial charge in [0.05, 0.1) is 11.7 Å². The molecule has 4 heteroatoms. The molecule has 0 aromatic carbocycles. The Hall–Kier alpha value is -0.610. The second kappa shape index (κ2) is 4.25. The second-order valence-electron chi connectivity index (χ2n) is 6.24. The molecule has 0 radical (unpaired) electrons. The molecule has 1 spiro atoms. The molecule has 2 unspecified atom stereocenters. The van der Waals surface area contributed by atoms with E-state index in [1.807, 2.05) is 0 Å². The Morgan fingerprint density at radius 1 is 1.41 bits per heavy atom. The van der Waals surface area contributed by atoms with Crippen molar-refractivity contribution in [3.8, 4) is 0 Å². The number of hydrogen-bond donors (Lipinski definition) is 1. The van der Waals surface area contributed by atoms with Crippen LogP contribution in [0.4, 0.5) is 0 Å². The third kappa shape index (κ3) is 2.20. The summed E-state index contributed by atoms with van der Waals surface area (Å²) in [5.74, 6) is 0.786. The molecule has 1 heterocycles. The Kier molecular flexibility index (Phi) is 3.21. The molecule has 2 aliphatic rings. The van der Waals surface area contributed by atoms with Crippen molar-refractivity contribution >= 4 is 5.91 Å². The molecular formula is C13H25N3O. The van der Waals surface area contributed by atoms with E-state index in [2.05, 4.69) is 50.0 Å². The van der Waals surface area contributed by atoms with E-state index in [0.29, 0.717) is 11.8 Å². The molecule has 1 aliphatic heterocycles. The molecule has 1 N–H and O–H groups in total. The van der Waals surface area contributed by atoms with Crippen LogP contribution in [-0.4, -0.2) is 54.1 Å². The van der Waals surface area contributed by atoms with E-state index < -0.39 is 0 Å². The van der Waals surface area contributed by atoms with Crippen LogP contribution in [0.15, 0.2) is 0 Å². The molecule has 2 atom stereocenters. The van der Waals surface area contributed by atoms with E-state index in [-0.39, 0.29) is 17.7 Å². The smallest absolute Gasteiger partial charge is 0.244 e. The van der Waals surface area contributed by atoms with Crippen LogP contribution in [0.5, 0.6) is 0 Å². The fraction of sp³-hybridized carbons (Fsp3) is 0.923. The fourth-order valence-electron chi connectivity index (χ4n) is 2.85. The lowest BCUT2D eigenvalue weighted by molar-refractivity contribution is -0.133. The number of rotatable bonds is 4. The molecule has 0 aromatic heterocycles. The third-order valence-corrected chi connectivity index (χ3v) is 3.85. The predicted molar refractivity (Wildman–Crippen MR) is 68.6 cm³/mol. The monoisotopic (exact) mass is 239 g/mol. The summed E-state index contributed by atoms with van der Waals surface area (Å²) in [4.78, 5) is 16.7. The van der Waals surface area contributed by atoms with Crippen molar-refractivity contribution in [2.45, 2.75) is 51.4 Å². The Morgan fingerprint density at radius 2 is 2.00 bits per heavy atom. The molecule has 2 fully saturated rings. The highest BCUT2D eigenvalue weighted by atomic mass is 16.2. The number of nitrogens with one attached hydrogen (secondary N) is 1. The van der Waals surface area contributed by atoms with Gasteiger partial charge in [-0.3, -0.25) is 10.1 Å². The summed E-state index contributed by atoms with van der Waals surface area (Å²) in [6.45, 7) is 7.44. The van der Waals surface area contributed by atoms with Crippen molar-refractivity contribution in [3.63, 3.8) is 0 Å². The molecule has 17 heavy (non-hydrogen) atoms. The van der Waals surface area contributed by atoms with Crippen molar-refractivity contribution in [1.29, 1.82) is 0 Å². The Balaban J connectivity index is 2.14. The van der Waals surface area contributed by atoms with Crippen LogP contribution in [0.1, 0.15) is 33.6 Å². The highest BCUT2D eigenvalue weighted by Crippen LogP contribution is 2.43. The van der Waals surface area contributed by atoms with Gasteiger partial charge in [-0.2, -0.15) is 0 Å². The van der Waals surface area contributed by atoms with Crippen LogP contribution >= 0.6 is 0 Å². The molecule has 4 nitrogen and oxygen atoms in total. The molecular weight excluding hydrogens is 214 g/mol. The van der Waals surface area contributed by atoms with Gasteiger partial charge in [0.25, 0.3) is 0 Å². The van der Waals surface area contributed by atoms with Crippen LogP contribution < -0.4 is 5.32 Å². The van der Waals surface area contributed by atoms with Crippen LogP contribution in [0, 0.1) is 5.92 Å². The summed E-state index contributed by atoms with van der Waals surface area (Å²) in [7, 11) is 4.11. The molecule has 0 bridgehead atoms. The Bertz CT molecular complexity index is 310. The van der Waals surface area contributed by atoms with Gasteiger partial charge in [0, 0.05) is 12.6 Å². The van der Waals surface area contributed by atoms with Crippen LogP contribution in [0.3, 0.4) is 0 Å². The van der Waals surface area contributed by atoms with E-state index in [1.165, 1.54) is 0 Å². The van der Waals surface area contributed by atoms with Gasteiger partial charge < -0.3 is 9.80 Å². The zero-order chi connectivity index (χ0) is 12.8. The number of nitrogens with zero attached hydrogens (tertiary/aromatic N) is 2. The molecule has 1 amide bonds. The molecule has 1 aliphatic carbocycles. The number of amides is 1. The highest BCUT2D eigenvalue weighted by Gasteiger charge is 2.60. The molecule has 98 valence electrons. The normalized spacial score (nSPS) is 28.5. The van der Waals surface area contributed by atoms with Gasteiger partial charge in [-0.1, -0.05) is 13.8 Å². The largest absolute Gasteiger partial charge is 0.321 e. The minimum absolute atomic E-state index is 0.185. The maximum Gasteiger partial charge on any atom is 0.244 e. The van der Waals surface area contributed by atoms with Crippen LogP contribution in [0.25, 0.3) is 0 Å². The standard InChI is InChI=1S/C13H25N3O/c1-9(2)11-14-13(6-7-13)12(17)16(11)10(3)8-15(4)5/h9-11,14H,6-8H2,1-5H3. The van der Waals surface area contributed by atoms with Crippen molar-refractivity contribution in [2.24, 2.45) is 5.92 Å². The van der Waals surface area contributed by atoms with Gasteiger partial charge >= 0.3 is 0 Å². The molecule has 1 saturated heterocycles. The number of hydrogen-bond acceptors (Lipinski definition) is 3. The first-order valence-corrected chi connectivity index (χ1v) is 6.62. The SMILES string of the molecule is CC(C)C1NC2(CC2)C(=O)N1C(C)CN(C)C. The topological polar surface area (TPSA) is 35.6 Å². The Labute approximate surface area is 104 Å². The zero-order valence-electron chi connectivity index (χ0n) is 11.7. The van der Waals surface area contributed by atoms with Crippen LogP contribution in [-0.2, 0) is 4.79 Å². The average molecular weight is 239 g/mol. The predicted octanol–water partition coefficient (Wildman–Crippen LogP) is 0.883. The molecule has 0 aromatic rings. The van der Waals surface area contributed by atoms with Crippen molar-refractivity contribution < 1.29 is 4.79 Å². The fourth-order valence-corrected chi connectivity index (χ4v) is 2.85. The minimum Gasteiger partial charge on any atom is -0.321 e. The number of carbonyl (C=O) groups excluding carboxylic acids is 1. The summed E-state index contributed by atoms with van der Waals surface area (Å²) >= 11 is 0. The van der Waals surface area contributed by atoms with Gasteiger partial charge in [0.1, 0.15) is 0 Å². The summed E-state index contributed by atoms with van der Waals surface area (Å²) < 4.78 is 0. The first kappa shape index (κ1) is 12.8. The molecule has 2 rings (SSSR count). The maximum atomic E-state index is 12.5. The quantitative estimate of drug-likeness (QED) is 0.791. The Morgan fingerprint density at radius 3 is 2.41 bits per heavy atom. The number of likely N-dealkylation sites (N-methyl/N-ethyl adjacent to an activating group) is 1. The van der Waals surface area contributed by atoms with Gasteiger partial charge in [0.2, 0.25) is 5.91 Å². The second-order valence-corrected chi connectivity index (χ2v) is 6.24. The number of carbonyl (C=O) groups is 1. The van der Waals surface area contributed by atoms with Gasteiger partial charge in [0.15, 0.2) is 0 Å². The average Bonchev–Trinajstić information content (AvgIpc) is 2.89. The summed E-state index contributed by atoms with van der Waals surface area (Å²) in [5, 5.41) is 3.55. The first-order valence-electron chi connectivity index (χ1n) is 6.62. The summed E-state index contributed by atoms with van der Waals surface area (Å²) in [6.07, 6.45) is 2.24. The summed E-state index contributed by atoms with van der Waals surface area (Å²) in [6, 6.07) is 0.275. The third-order valence-electron chi connectivity index (χ3n) is 3.85. The summed E-state index contributed by atoms with van der Waals surface area (Å²) in [5.41, 5.74) is -0.185. The van der Waals surface area contributed by atoms with Gasteiger partial charge in [-0.25, -0.2) is 0 Å². The van der Waals surface area contributed by atoms with E-state index in [9.17, 15) is 4.79 Å². The lowest BCUT2D eigenvalue weighted by Crippen LogP contribution is -2.49. The van der Waals surface area contributed by atoms with E-state index >= 15 is 0 Å². The lowest BCUT2D eigenvalue weighted by Gasteiger charge is -2.34.